The molecule has 5 heteroatoms. The molecule has 2 atom stereocenters. The maximum absolute atomic E-state index is 12.9. The van der Waals surface area contributed by atoms with E-state index < -0.39 is 12.1 Å². The van der Waals surface area contributed by atoms with E-state index >= 15 is 0 Å². The van der Waals surface area contributed by atoms with Gasteiger partial charge in [-0.2, -0.15) is 0 Å². The van der Waals surface area contributed by atoms with Crippen LogP contribution >= 0.6 is 11.6 Å². The largest absolute Gasteiger partial charge is 0.342 e. The van der Waals surface area contributed by atoms with E-state index in [1.807, 2.05) is 33.8 Å². The molecule has 1 aromatic rings. The number of hydrogen-bond acceptors (Lipinski definition) is 2. The van der Waals surface area contributed by atoms with Gasteiger partial charge < -0.3 is 5.32 Å². The Bertz CT molecular complexity index is 566. The van der Waals surface area contributed by atoms with Crippen LogP contribution in [0.2, 0.25) is 5.02 Å². The van der Waals surface area contributed by atoms with Crippen molar-refractivity contribution >= 4 is 29.1 Å². The molecule has 1 fully saturated rings. The molecule has 1 N–H and O–H groups in total. The molecule has 0 aliphatic carbocycles. The predicted molar refractivity (Wildman–Crippen MR) is 84.4 cm³/mol. The summed E-state index contributed by atoms with van der Waals surface area (Å²) in [5.41, 5.74) is 0.325. The van der Waals surface area contributed by atoms with Gasteiger partial charge in [0.2, 0.25) is 5.91 Å². The van der Waals surface area contributed by atoms with Crippen LogP contribution in [0.15, 0.2) is 24.3 Å². The van der Waals surface area contributed by atoms with Gasteiger partial charge in [-0.1, -0.05) is 45.4 Å². The van der Waals surface area contributed by atoms with Gasteiger partial charge in [0, 0.05) is 10.7 Å². The summed E-state index contributed by atoms with van der Waals surface area (Å²) in [6, 6.07) is 6.05. The molecule has 1 aliphatic rings. The second-order valence-electron chi connectivity index (χ2n) is 6.42. The molecule has 1 heterocycles. The standard InChI is InChI=1S/C16H21ClN2O2/c1-5-12-14(20)18-13(16(2,3)4)15(21)19(12)11-8-6-7-10(17)9-11/h6-9,12-13H,5H2,1-4H3,(H,18,20). The maximum atomic E-state index is 12.9. The van der Waals surface area contributed by atoms with Crippen molar-refractivity contribution in [2.24, 2.45) is 5.41 Å². The normalized spacial score (nSPS) is 23.2. The van der Waals surface area contributed by atoms with Crippen molar-refractivity contribution in [3.63, 3.8) is 0 Å². The number of rotatable bonds is 2. The zero-order valence-corrected chi connectivity index (χ0v) is 13.6. The van der Waals surface area contributed by atoms with Crippen LogP contribution in [0.25, 0.3) is 0 Å². The van der Waals surface area contributed by atoms with E-state index in [1.165, 1.54) is 0 Å². The molecule has 0 aromatic heterocycles. The van der Waals surface area contributed by atoms with Crippen molar-refractivity contribution in [1.82, 2.24) is 5.32 Å². The van der Waals surface area contributed by atoms with Gasteiger partial charge in [-0.3, -0.25) is 14.5 Å². The first kappa shape index (κ1) is 15.8. The molecule has 21 heavy (non-hydrogen) atoms. The molecule has 4 nitrogen and oxygen atoms in total. The second-order valence-corrected chi connectivity index (χ2v) is 6.86. The number of hydrogen-bond donors (Lipinski definition) is 1. The summed E-state index contributed by atoms with van der Waals surface area (Å²) >= 11 is 6.03. The number of carbonyl (C=O) groups excluding carboxylic acids is 2. The molecule has 0 saturated carbocycles. The number of nitrogens with one attached hydrogen (secondary N) is 1. The molecule has 0 radical (unpaired) electrons. The van der Waals surface area contributed by atoms with Gasteiger partial charge in [0.15, 0.2) is 0 Å². The van der Waals surface area contributed by atoms with E-state index in [0.717, 1.165) is 0 Å². The van der Waals surface area contributed by atoms with Gasteiger partial charge in [0.05, 0.1) is 0 Å². The van der Waals surface area contributed by atoms with Crippen molar-refractivity contribution in [3.05, 3.63) is 29.3 Å². The van der Waals surface area contributed by atoms with E-state index in [0.29, 0.717) is 17.1 Å². The molecule has 1 aromatic carbocycles. The van der Waals surface area contributed by atoms with Gasteiger partial charge in [-0.25, -0.2) is 0 Å². The Morgan fingerprint density at radius 1 is 1.29 bits per heavy atom. The van der Waals surface area contributed by atoms with E-state index in [1.54, 1.807) is 23.1 Å². The molecule has 0 spiro atoms. The highest BCUT2D eigenvalue weighted by Gasteiger charge is 2.45. The van der Waals surface area contributed by atoms with Crippen LogP contribution < -0.4 is 10.2 Å². The van der Waals surface area contributed by atoms with Gasteiger partial charge in [0.25, 0.3) is 5.91 Å². The summed E-state index contributed by atoms with van der Waals surface area (Å²) < 4.78 is 0. The number of benzene rings is 1. The molecular weight excluding hydrogens is 288 g/mol. The Morgan fingerprint density at radius 3 is 2.48 bits per heavy atom. The average molecular weight is 309 g/mol. The quantitative estimate of drug-likeness (QED) is 0.913. The van der Waals surface area contributed by atoms with E-state index in [9.17, 15) is 9.59 Å². The minimum Gasteiger partial charge on any atom is -0.342 e. The Hall–Kier alpha value is -1.55. The molecule has 114 valence electrons. The minimum absolute atomic E-state index is 0.0868. The van der Waals surface area contributed by atoms with Gasteiger partial charge in [0.1, 0.15) is 12.1 Å². The Labute approximate surface area is 130 Å². The average Bonchev–Trinajstić information content (AvgIpc) is 2.39. The van der Waals surface area contributed by atoms with Crippen LogP contribution in [0.1, 0.15) is 34.1 Å². The molecule has 1 saturated heterocycles. The molecule has 2 amide bonds. The number of anilines is 1. The number of piperazine rings is 1. The van der Waals surface area contributed by atoms with Gasteiger partial charge >= 0.3 is 0 Å². The summed E-state index contributed by atoms with van der Waals surface area (Å²) in [5, 5.41) is 3.41. The third kappa shape index (κ3) is 3.05. The van der Waals surface area contributed by atoms with Gasteiger partial charge in [-0.15, -0.1) is 0 Å². The number of amides is 2. The lowest BCUT2D eigenvalue weighted by atomic mass is 9.83. The lowest BCUT2D eigenvalue weighted by Gasteiger charge is -2.43. The maximum Gasteiger partial charge on any atom is 0.250 e. The van der Waals surface area contributed by atoms with Crippen LogP contribution in [-0.4, -0.2) is 23.9 Å². The molecule has 1 aliphatic heterocycles. The van der Waals surface area contributed by atoms with Crippen molar-refractivity contribution in [3.8, 4) is 0 Å². The highest BCUT2D eigenvalue weighted by atomic mass is 35.5. The molecule has 0 bridgehead atoms. The van der Waals surface area contributed by atoms with Crippen LogP contribution in [-0.2, 0) is 9.59 Å². The molecule has 2 rings (SSSR count). The summed E-state index contributed by atoms with van der Waals surface area (Å²) in [6.45, 7) is 7.72. The first-order chi connectivity index (χ1) is 9.75. The van der Waals surface area contributed by atoms with Crippen molar-refractivity contribution in [2.45, 2.75) is 46.2 Å². The van der Waals surface area contributed by atoms with Crippen LogP contribution in [0.5, 0.6) is 0 Å². The fraction of sp³-hybridized carbons (Fsp3) is 0.500. The summed E-state index contributed by atoms with van der Waals surface area (Å²) in [7, 11) is 0. The lowest BCUT2D eigenvalue weighted by Crippen LogP contribution is -2.66. The van der Waals surface area contributed by atoms with Crippen molar-refractivity contribution in [1.29, 1.82) is 0 Å². The summed E-state index contributed by atoms with van der Waals surface area (Å²) in [5.74, 6) is -0.201. The van der Waals surface area contributed by atoms with Crippen molar-refractivity contribution in [2.75, 3.05) is 4.90 Å². The summed E-state index contributed by atoms with van der Waals surface area (Å²) in [6.07, 6.45) is 0.556. The van der Waals surface area contributed by atoms with Crippen molar-refractivity contribution < 1.29 is 9.59 Å². The van der Waals surface area contributed by atoms with Gasteiger partial charge in [-0.05, 0) is 30.0 Å². The smallest absolute Gasteiger partial charge is 0.250 e. The monoisotopic (exact) mass is 308 g/mol. The predicted octanol–water partition coefficient (Wildman–Crippen LogP) is 3.00. The third-order valence-corrected chi connectivity index (χ3v) is 3.96. The van der Waals surface area contributed by atoms with E-state index in [-0.39, 0.29) is 17.2 Å². The highest BCUT2D eigenvalue weighted by molar-refractivity contribution is 6.31. The first-order valence-corrected chi connectivity index (χ1v) is 7.52. The zero-order valence-electron chi connectivity index (χ0n) is 12.8. The highest BCUT2D eigenvalue weighted by Crippen LogP contribution is 2.30. The third-order valence-electron chi connectivity index (χ3n) is 3.72. The fourth-order valence-electron chi connectivity index (χ4n) is 2.60. The van der Waals surface area contributed by atoms with Crippen LogP contribution in [0.4, 0.5) is 5.69 Å². The van der Waals surface area contributed by atoms with Crippen LogP contribution in [0.3, 0.4) is 0 Å². The SMILES string of the molecule is CCC1C(=O)NC(C(C)(C)C)C(=O)N1c1cccc(Cl)c1. The second kappa shape index (κ2) is 5.68. The number of carbonyl (C=O) groups is 2. The van der Waals surface area contributed by atoms with E-state index in [4.69, 9.17) is 11.6 Å². The zero-order chi connectivity index (χ0) is 15.8. The Kier molecular flexibility index (Phi) is 4.28. The molecule has 2 unspecified atom stereocenters. The molecular formula is C16H21ClN2O2. The van der Waals surface area contributed by atoms with Crippen LogP contribution in [0, 0.1) is 5.41 Å². The Balaban J connectivity index is 2.47. The number of halogens is 1. The van der Waals surface area contributed by atoms with E-state index in [2.05, 4.69) is 5.32 Å². The fourth-order valence-corrected chi connectivity index (χ4v) is 2.78. The summed E-state index contributed by atoms with van der Waals surface area (Å²) in [4.78, 5) is 26.8. The topological polar surface area (TPSA) is 49.4 Å². The first-order valence-electron chi connectivity index (χ1n) is 7.14. The minimum atomic E-state index is -0.535. The number of nitrogens with zero attached hydrogens (tertiary/aromatic N) is 1. The Morgan fingerprint density at radius 2 is 1.95 bits per heavy atom. The lowest BCUT2D eigenvalue weighted by molar-refractivity contribution is -0.136.